The van der Waals surface area contributed by atoms with Crippen LogP contribution in [-0.2, 0) is 14.0 Å². The van der Waals surface area contributed by atoms with Gasteiger partial charge in [-0.15, -0.1) is 0 Å². The molecule has 6 atom stereocenters. The quantitative estimate of drug-likeness (QED) is 0.121. The minimum atomic E-state index is -8.30. The van der Waals surface area contributed by atoms with E-state index in [1.54, 1.807) is 0 Å². The average molecular weight is 1000 g/mol. The van der Waals surface area contributed by atoms with Gasteiger partial charge in [-0.1, -0.05) is 0 Å². The van der Waals surface area contributed by atoms with Crippen LogP contribution >= 0.6 is 0 Å². The molecule has 61 heavy (non-hydrogen) atoms. The van der Waals surface area contributed by atoms with Crippen LogP contribution in [0.15, 0.2) is 0 Å². The first-order valence-corrected chi connectivity index (χ1v) is 13.5. The molecule has 0 aliphatic carbocycles. The minimum absolute atomic E-state index is 2.72. The lowest BCUT2D eigenvalue weighted by molar-refractivity contribution is -0.384. The molecule has 0 aliphatic heterocycles. The van der Waals surface area contributed by atoms with Gasteiger partial charge in [0, 0.05) is 0 Å². The Hall–Kier alpha value is -2.58. The lowest BCUT2D eigenvalue weighted by Gasteiger charge is -2.41. The minimum Gasteiger partial charge on any atom is -0.382 e. The molecule has 0 amide bonds. The third-order valence-electron chi connectivity index (χ3n) is 7.43. The molecule has 0 saturated carbocycles. The van der Waals surface area contributed by atoms with Crippen molar-refractivity contribution in [2.75, 3.05) is 19.8 Å². The molecule has 40 heteroatoms. The van der Waals surface area contributed by atoms with Gasteiger partial charge in [-0.2, -0.15) is 119 Å². The highest BCUT2D eigenvalue weighted by Crippen LogP contribution is 2.58. The fourth-order valence-corrected chi connectivity index (χ4v) is 3.90. The lowest BCUT2D eigenvalue weighted by atomic mass is 9.84. The van der Waals surface area contributed by atoms with Gasteiger partial charge in [0.25, 0.3) is 17.0 Å². The lowest BCUT2D eigenvalue weighted by Crippen LogP contribution is -2.70. The third kappa shape index (κ3) is 10.1. The van der Waals surface area contributed by atoms with Crippen molar-refractivity contribution in [2.24, 2.45) is 0 Å². The Kier molecular flexibility index (Phi) is 15.8. The van der Waals surface area contributed by atoms with E-state index in [2.05, 4.69) is 14.0 Å². The van der Waals surface area contributed by atoms with Crippen LogP contribution in [0.25, 0.3) is 0 Å². The Morgan fingerprint density at radius 1 is 0.246 bits per heavy atom. The highest BCUT2D eigenvalue weighted by molar-refractivity contribution is 6.36. The SMILES string of the molecule is FC(C(F)(COB(OCC(F)(C(F)C(F)(C(F)(F)F)C(F)(F)F)C(F)(F)F)OCC(F)(C(F)C(F)(C(F)(F)F)C(F)(F)F)C(F)(F)F)C(F)(F)F)C(F)(C(F)(F)F)C(F)(F)F. The van der Waals surface area contributed by atoms with Gasteiger partial charge in [-0.25, -0.2) is 39.5 Å². The number of alkyl halides is 36. The third-order valence-corrected chi connectivity index (χ3v) is 7.43. The molecular weight excluding hydrogens is 995 g/mol. The van der Waals surface area contributed by atoms with Gasteiger partial charge in [-0.3, -0.25) is 0 Å². The monoisotopic (exact) mass is 1000 g/mol. The molecule has 366 valence electrons. The van der Waals surface area contributed by atoms with Gasteiger partial charge >= 0.3 is 79.9 Å². The zero-order valence-electron chi connectivity index (χ0n) is 26.8. The van der Waals surface area contributed by atoms with Crippen LogP contribution in [0.1, 0.15) is 0 Å². The maximum absolute atomic E-state index is 14.8. The molecule has 0 N–H and O–H groups in total. The van der Waals surface area contributed by atoms with Crippen LogP contribution in [0.3, 0.4) is 0 Å². The highest BCUT2D eigenvalue weighted by Gasteiger charge is 2.87. The van der Waals surface area contributed by atoms with Crippen molar-refractivity contribution < 1.29 is 172 Å². The predicted molar refractivity (Wildman–Crippen MR) is 116 cm³/mol. The molecule has 0 aromatic rings. The van der Waals surface area contributed by atoms with E-state index in [1.807, 2.05) is 0 Å². The first-order valence-electron chi connectivity index (χ1n) is 13.5. The molecule has 0 aliphatic rings. The smallest absolute Gasteiger partial charge is 0.382 e. The van der Waals surface area contributed by atoms with Crippen LogP contribution in [0.4, 0.5) is 158 Å². The van der Waals surface area contributed by atoms with Crippen molar-refractivity contribution in [1.29, 1.82) is 0 Å². The van der Waals surface area contributed by atoms with Gasteiger partial charge in [0.15, 0.2) is 18.5 Å². The van der Waals surface area contributed by atoms with Crippen LogP contribution < -0.4 is 0 Å². The fraction of sp³-hybridized carbons (Fsp3) is 1.00. The summed E-state index contributed by atoms with van der Waals surface area (Å²) in [5.41, 5.74) is -48.0. The van der Waals surface area contributed by atoms with Crippen molar-refractivity contribution in [3.63, 3.8) is 0 Å². The summed E-state index contributed by atoms with van der Waals surface area (Å²) in [7, 11) is -5.61. The highest BCUT2D eigenvalue weighted by atomic mass is 19.5. The average Bonchev–Trinajstić information content (AvgIpc) is 3.00. The number of halogens is 36. The molecule has 0 aromatic carbocycles. The Morgan fingerprint density at radius 3 is 0.475 bits per heavy atom. The van der Waals surface area contributed by atoms with E-state index < -0.39 is 135 Å². The molecule has 3 nitrogen and oxygen atoms in total. The van der Waals surface area contributed by atoms with Crippen molar-refractivity contribution in [2.45, 2.75) is 108 Å². The number of hydrogen-bond acceptors (Lipinski definition) is 3. The summed E-state index contributed by atoms with van der Waals surface area (Å²) < 4.78 is 490. The summed E-state index contributed by atoms with van der Waals surface area (Å²) in [6, 6.07) is 0. The second kappa shape index (κ2) is 16.4. The summed E-state index contributed by atoms with van der Waals surface area (Å²) in [6.45, 7) is -14.2. The van der Waals surface area contributed by atoms with Crippen LogP contribution in [-0.4, -0.2) is 135 Å². The van der Waals surface area contributed by atoms with E-state index in [-0.39, 0.29) is 0 Å². The van der Waals surface area contributed by atoms with Crippen molar-refractivity contribution in [1.82, 2.24) is 0 Å². The van der Waals surface area contributed by atoms with Gasteiger partial charge in [0.05, 0.1) is 19.8 Å². The van der Waals surface area contributed by atoms with E-state index in [9.17, 15) is 158 Å². The molecule has 0 bridgehead atoms. The molecule has 0 heterocycles. The second-order valence-corrected chi connectivity index (χ2v) is 11.5. The summed E-state index contributed by atoms with van der Waals surface area (Å²) in [6.07, 6.45) is -95.0. The zero-order chi connectivity index (χ0) is 50.1. The van der Waals surface area contributed by atoms with Crippen LogP contribution in [0, 0.1) is 0 Å². The molecule has 0 aromatic heterocycles. The largest absolute Gasteiger partial charge is 0.639 e. The van der Waals surface area contributed by atoms with Gasteiger partial charge in [0.1, 0.15) is 0 Å². The van der Waals surface area contributed by atoms with Crippen molar-refractivity contribution >= 4 is 7.32 Å². The molecule has 0 spiro atoms. The molecule has 0 rings (SSSR count). The van der Waals surface area contributed by atoms with Crippen molar-refractivity contribution in [3.8, 4) is 0 Å². The summed E-state index contributed by atoms with van der Waals surface area (Å²) >= 11 is 0. The predicted octanol–water partition coefficient (Wildman–Crippen LogP) is 11.3. The van der Waals surface area contributed by atoms with Gasteiger partial charge in [-0.05, 0) is 0 Å². The Morgan fingerprint density at radius 2 is 0.377 bits per heavy atom. The van der Waals surface area contributed by atoms with Crippen LogP contribution in [0.2, 0.25) is 0 Å². The normalized spacial score (nSPS) is 20.1. The van der Waals surface area contributed by atoms with E-state index >= 15 is 0 Å². The molecule has 0 saturated heterocycles. The maximum atomic E-state index is 14.8. The first-order chi connectivity index (χ1) is 26.0. The number of rotatable bonds is 15. The van der Waals surface area contributed by atoms with Crippen molar-refractivity contribution in [3.05, 3.63) is 0 Å². The molecule has 6 unspecified atom stereocenters. The zero-order valence-corrected chi connectivity index (χ0v) is 26.8. The summed E-state index contributed by atoms with van der Waals surface area (Å²) in [4.78, 5) is 0. The summed E-state index contributed by atoms with van der Waals surface area (Å²) in [5.74, 6) is 0. The number of hydrogen-bond donors (Lipinski definition) is 0. The Bertz CT molecular complexity index is 1230. The van der Waals surface area contributed by atoms with E-state index in [0.29, 0.717) is 0 Å². The fourth-order valence-electron chi connectivity index (χ4n) is 3.90. The molecule has 0 fully saturated rings. The first kappa shape index (κ1) is 58.4. The maximum Gasteiger partial charge on any atom is 0.639 e. The molecule has 0 radical (unpaired) electrons. The van der Waals surface area contributed by atoms with E-state index in [4.69, 9.17) is 0 Å². The second-order valence-electron chi connectivity index (χ2n) is 11.5. The van der Waals surface area contributed by atoms with Gasteiger partial charge in [0.2, 0.25) is 0 Å². The Labute approximate surface area is 308 Å². The Balaban J connectivity index is 8.05. The molecular formula is C21H9BF36O3. The van der Waals surface area contributed by atoms with Gasteiger partial charge < -0.3 is 14.0 Å². The summed E-state index contributed by atoms with van der Waals surface area (Å²) in [5, 5.41) is 0. The standard InChI is InChI=1S/C21H9BF36O3/c23-4(10(29,16(41,42)43)17(44,45)46)7(26,13(32,33)34)1-59-22(60-2-8(27,14(35,36)37)5(24)11(30,18(47,48)49)19(50,51)52)61-3-9(28,15(38,39)40)6(25)12(31,20(53,54)55)21(56,57)58/h4-6H,1-3H2. The van der Waals surface area contributed by atoms with E-state index in [1.165, 1.54) is 0 Å². The topological polar surface area (TPSA) is 27.7 Å². The van der Waals surface area contributed by atoms with Crippen LogP contribution in [0.5, 0.6) is 0 Å². The van der Waals surface area contributed by atoms with E-state index in [0.717, 1.165) is 0 Å².